The fraction of sp³-hybridized carbons (Fsp3) is 0.333. The molecule has 0 aliphatic carbocycles. The maximum Gasteiger partial charge on any atom is 0.274 e. The summed E-state index contributed by atoms with van der Waals surface area (Å²) < 4.78 is 0. The van der Waals surface area contributed by atoms with Gasteiger partial charge in [0.25, 0.3) is 7.59 Å². The van der Waals surface area contributed by atoms with Crippen molar-refractivity contribution < 1.29 is 0 Å². The van der Waals surface area contributed by atoms with Gasteiger partial charge in [0.05, 0.1) is 7.59 Å². The molecule has 0 radical (unpaired) electrons. The Morgan fingerprint density at radius 3 is 1.09 bits per heavy atom. The highest BCUT2D eigenvalue weighted by atomic mass is 29.3. The highest BCUT2D eigenvalue weighted by molar-refractivity contribution is 7.50. The Balaban J connectivity index is 5.16. The highest BCUT2D eigenvalue weighted by Crippen LogP contribution is 2.15. The second-order valence-electron chi connectivity index (χ2n) is 3.43. The molecule has 0 spiro atoms. The second-order valence-corrected chi connectivity index (χ2v) is 17.0. The Morgan fingerprint density at radius 1 is 0.818 bits per heavy atom. The van der Waals surface area contributed by atoms with E-state index < -0.39 is 15.2 Å². The molecular weight excluding hydrogens is 164 g/mol. The Hall–Kier alpha value is -0.886. The van der Waals surface area contributed by atoms with Crippen LogP contribution in [-0.4, -0.2) is 15.2 Å². The van der Waals surface area contributed by atoms with E-state index in [1.165, 1.54) is 0 Å². The van der Waals surface area contributed by atoms with E-state index in [-0.39, 0.29) is 0 Å². The molecule has 0 aromatic heterocycles. The molecule has 0 bridgehead atoms. The van der Waals surface area contributed by atoms with Crippen molar-refractivity contribution in [1.82, 2.24) is 0 Å². The van der Waals surface area contributed by atoms with Gasteiger partial charge in [-0.05, 0) is 0 Å². The quantitative estimate of drug-likeness (QED) is 0.418. The van der Waals surface area contributed by atoms with Crippen LogP contribution in [0.3, 0.4) is 0 Å². The van der Waals surface area contributed by atoms with E-state index in [0.29, 0.717) is 0 Å². The Kier molecular flexibility index (Phi) is 2.77. The third-order valence-electron chi connectivity index (χ3n) is 1.77. The first kappa shape index (κ1) is 10.1. The molecule has 0 saturated carbocycles. The van der Waals surface area contributed by atoms with Gasteiger partial charge < -0.3 is 0 Å². The fourth-order valence-electron chi connectivity index (χ4n) is 0.775. The normalized spacial score (nSPS) is 10.9. The summed E-state index contributed by atoms with van der Waals surface area (Å²) in [6.07, 6.45) is 16.1. The van der Waals surface area contributed by atoms with E-state index >= 15 is 0 Å². The van der Waals surface area contributed by atoms with E-state index in [9.17, 15) is 0 Å². The van der Waals surface area contributed by atoms with E-state index in [4.69, 9.17) is 19.3 Å². The van der Waals surface area contributed by atoms with E-state index in [2.05, 4.69) is 36.3 Å². The van der Waals surface area contributed by atoms with Crippen LogP contribution in [0.5, 0.6) is 0 Å². The standard InChI is InChI=1S/C9H12Si2/c1-7-11(8-2,9-3)10(4,5)6/h1-3H,4-6H3. The summed E-state index contributed by atoms with van der Waals surface area (Å²) >= 11 is 0. The number of hydrogen-bond acceptors (Lipinski definition) is 0. The van der Waals surface area contributed by atoms with Crippen molar-refractivity contribution in [3.05, 3.63) is 0 Å². The lowest BCUT2D eigenvalue weighted by atomic mass is 11.3. The molecule has 0 unspecified atom stereocenters. The van der Waals surface area contributed by atoms with Crippen molar-refractivity contribution in [3.8, 4) is 35.9 Å². The van der Waals surface area contributed by atoms with Gasteiger partial charge in [-0.2, -0.15) is 0 Å². The molecule has 0 saturated heterocycles. The first-order chi connectivity index (χ1) is 4.93. The molecule has 0 aromatic rings. The Morgan fingerprint density at radius 2 is 1.09 bits per heavy atom. The first-order valence-corrected chi connectivity index (χ1v) is 9.87. The molecule has 2 heteroatoms. The summed E-state index contributed by atoms with van der Waals surface area (Å²) in [5, 5.41) is 0. The number of rotatable bonds is 1. The molecule has 0 nitrogen and oxygen atoms in total. The average molecular weight is 176 g/mol. The van der Waals surface area contributed by atoms with Crippen molar-refractivity contribution in [1.29, 1.82) is 0 Å². The van der Waals surface area contributed by atoms with Crippen LogP contribution in [0.2, 0.25) is 19.6 Å². The lowest BCUT2D eigenvalue weighted by Crippen LogP contribution is -2.55. The first-order valence-electron chi connectivity index (χ1n) is 3.37. The van der Waals surface area contributed by atoms with Gasteiger partial charge in [0, 0.05) is 0 Å². The van der Waals surface area contributed by atoms with Crippen LogP contribution >= 0.6 is 0 Å². The predicted octanol–water partition coefficient (Wildman–Crippen LogP) is 1.37. The summed E-state index contributed by atoms with van der Waals surface area (Å²) in [4.78, 5) is 0. The van der Waals surface area contributed by atoms with Crippen molar-refractivity contribution in [2.75, 3.05) is 0 Å². The monoisotopic (exact) mass is 176 g/mol. The smallest absolute Gasteiger partial charge is 0.125 e. The minimum Gasteiger partial charge on any atom is -0.125 e. The molecule has 0 aliphatic rings. The zero-order chi connectivity index (χ0) is 9.12. The molecule has 0 aliphatic heterocycles. The molecule has 0 fully saturated rings. The summed E-state index contributed by atoms with van der Waals surface area (Å²) in [5.41, 5.74) is 8.05. The minimum atomic E-state index is -2.20. The Labute approximate surface area is 71.2 Å². The van der Waals surface area contributed by atoms with Crippen LogP contribution < -0.4 is 0 Å². The maximum absolute atomic E-state index is 5.38. The van der Waals surface area contributed by atoms with E-state index in [1.807, 2.05) is 0 Å². The SMILES string of the molecule is C#C[Si](C#C)(C#C)[Si](C)(C)C. The van der Waals surface area contributed by atoms with Crippen LogP contribution in [0.4, 0.5) is 0 Å². The van der Waals surface area contributed by atoms with Crippen LogP contribution in [-0.2, 0) is 0 Å². The average Bonchev–Trinajstić information content (AvgIpc) is 1.90. The zero-order valence-corrected chi connectivity index (χ0v) is 9.23. The molecule has 0 amide bonds. The summed E-state index contributed by atoms with van der Waals surface area (Å²) in [7, 11) is -3.70. The topological polar surface area (TPSA) is 0 Å². The molecular formula is C9H12Si2. The number of terminal acetylenes is 3. The second kappa shape index (κ2) is 3.01. The highest BCUT2D eigenvalue weighted by Gasteiger charge is 2.42. The lowest BCUT2D eigenvalue weighted by molar-refractivity contribution is 1.84. The van der Waals surface area contributed by atoms with E-state index in [0.717, 1.165) is 0 Å². The van der Waals surface area contributed by atoms with Crippen LogP contribution in [0.15, 0.2) is 0 Å². The third kappa shape index (κ3) is 1.57. The van der Waals surface area contributed by atoms with Gasteiger partial charge in [0.2, 0.25) is 0 Å². The lowest BCUT2D eigenvalue weighted by Gasteiger charge is -2.26. The van der Waals surface area contributed by atoms with E-state index in [1.54, 1.807) is 0 Å². The third-order valence-corrected chi connectivity index (χ3v) is 13.4. The number of hydrogen-bond donors (Lipinski definition) is 0. The van der Waals surface area contributed by atoms with Gasteiger partial charge in [-0.15, -0.1) is 35.9 Å². The van der Waals surface area contributed by atoms with Crippen LogP contribution in [0, 0.1) is 35.9 Å². The minimum absolute atomic E-state index is 1.51. The molecule has 0 aromatic carbocycles. The molecule has 0 heterocycles. The fourth-order valence-corrected chi connectivity index (χ4v) is 6.22. The predicted molar refractivity (Wildman–Crippen MR) is 55.6 cm³/mol. The summed E-state index contributed by atoms with van der Waals surface area (Å²) in [6.45, 7) is 6.41. The van der Waals surface area contributed by atoms with Gasteiger partial charge in [-0.3, -0.25) is 0 Å². The van der Waals surface area contributed by atoms with Crippen molar-refractivity contribution in [3.63, 3.8) is 0 Å². The van der Waals surface area contributed by atoms with Gasteiger partial charge in [0.15, 0.2) is 0 Å². The largest absolute Gasteiger partial charge is 0.274 e. The zero-order valence-electron chi connectivity index (χ0n) is 7.23. The van der Waals surface area contributed by atoms with Gasteiger partial charge in [0.1, 0.15) is 0 Å². The van der Waals surface area contributed by atoms with Gasteiger partial charge >= 0.3 is 0 Å². The Bertz CT molecular complexity index is 226. The van der Waals surface area contributed by atoms with Gasteiger partial charge in [-0.25, -0.2) is 0 Å². The van der Waals surface area contributed by atoms with Crippen molar-refractivity contribution in [2.45, 2.75) is 19.6 Å². The van der Waals surface area contributed by atoms with Crippen molar-refractivity contribution in [2.24, 2.45) is 0 Å². The molecule has 56 valence electrons. The van der Waals surface area contributed by atoms with Crippen molar-refractivity contribution >= 4 is 15.2 Å². The van der Waals surface area contributed by atoms with Crippen LogP contribution in [0.1, 0.15) is 0 Å². The summed E-state index contributed by atoms with van der Waals surface area (Å²) in [5.74, 6) is 0. The van der Waals surface area contributed by atoms with Gasteiger partial charge in [-0.1, -0.05) is 19.6 Å². The molecule has 11 heavy (non-hydrogen) atoms. The maximum atomic E-state index is 5.38. The summed E-state index contributed by atoms with van der Waals surface area (Å²) in [6, 6.07) is 0. The molecule has 0 rings (SSSR count). The van der Waals surface area contributed by atoms with Crippen LogP contribution in [0.25, 0.3) is 0 Å². The molecule has 0 N–H and O–H groups in total. The molecule has 0 atom stereocenters.